The van der Waals surface area contributed by atoms with E-state index >= 15 is 0 Å². The Hall–Kier alpha value is -2.66. The number of fused-ring (bicyclic) bond motifs is 1. The van der Waals surface area contributed by atoms with Crippen LogP contribution in [0.15, 0.2) is 59.0 Å². The van der Waals surface area contributed by atoms with E-state index in [1.165, 1.54) is 6.26 Å². The van der Waals surface area contributed by atoms with Gasteiger partial charge in [-0.25, -0.2) is 8.42 Å². The maximum atomic E-state index is 11.6. The van der Waals surface area contributed by atoms with E-state index in [1.54, 1.807) is 24.3 Å². The van der Waals surface area contributed by atoms with Gasteiger partial charge >= 0.3 is 5.97 Å². The summed E-state index contributed by atoms with van der Waals surface area (Å²) in [6.45, 7) is 1.94. The summed E-state index contributed by atoms with van der Waals surface area (Å²) in [6, 6.07) is 14.4. The molecule has 0 aliphatic heterocycles. The highest BCUT2D eigenvalue weighted by atomic mass is 32.2. The van der Waals surface area contributed by atoms with E-state index in [2.05, 4.69) is 0 Å². The van der Waals surface area contributed by atoms with Gasteiger partial charge in [0.2, 0.25) is 0 Å². The Morgan fingerprint density at radius 3 is 2.20 bits per heavy atom. The minimum absolute atomic E-state index is 0.0478. The molecule has 1 aliphatic rings. The summed E-state index contributed by atoms with van der Waals surface area (Å²) in [5, 5.41) is 9.25. The molecule has 3 rings (SSSR count). The number of carbonyl (C=O) groups is 1. The zero-order valence-electron chi connectivity index (χ0n) is 14.0. The fourth-order valence-electron chi connectivity index (χ4n) is 3.09. The number of sulfone groups is 1. The minimum atomic E-state index is -3.24. The first-order chi connectivity index (χ1) is 11.8. The summed E-state index contributed by atoms with van der Waals surface area (Å²) in [5.41, 5.74) is 5.51. The van der Waals surface area contributed by atoms with E-state index in [0.717, 1.165) is 33.4 Å². The molecular weight excluding hydrogens is 336 g/mol. The van der Waals surface area contributed by atoms with E-state index in [9.17, 15) is 18.3 Å². The van der Waals surface area contributed by atoms with Crippen molar-refractivity contribution >= 4 is 33.0 Å². The van der Waals surface area contributed by atoms with Gasteiger partial charge in [-0.2, -0.15) is 0 Å². The zero-order valence-corrected chi connectivity index (χ0v) is 14.8. The standard InChI is InChI=1S/C20H18O4S/c1-13-16-5-3-4-6-17(16)19(18(13)12-20(21)22)11-14-7-9-15(10-8-14)25(2,23)24/h3-11H,12H2,1-2H3,(H,21,22)/b19-11-. The molecule has 1 aliphatic carbocycles. The average Bonchev–Trinajstić information content (AvgIpc) is 2.80. The van der Waals surface area contributed by atoms with Gasteiger partial charge in [0.1, 0.15) is 0 Å². The van der Waals surface area contributed by atoms with Crippen molar-refractivity contribution in [3.05, 3.63) is 70.8 Å². The quantitative estimate of drug-likeness (QED) is 0.904. The van der Waals surface area contributed by atoms with Crippen LogP contribution in [0.4, 0.5) is 0 Å². The van der Waals surface area contributed by atoms with Gasteiger partial charge in [0.15, 0.2) is 9.84 Å². The lowest BCUT2D eigenvalue weighted by atomic mass is 9.98. The van der Waals surface area contributed by atoms with Crippen molar-refractivity contribution in [1.82, 2.24) is 0 Å². The largest absolute Gasteiger partial charge is 0.481 e. The Morgan fingerprint density at radius 1 is 1.04 bits per heavy atom. The molecule has 5 heteroatoms. The number of aliphatic carboxylic acids is 1. The van der Waals surface area contributed by atoms with E-state index in [0.29, 0.717) is 0 Å². The summed E-state index contributed by atoms with van der Waals surface area (Å²) < 4.78 is 23.2. The van der Waals surface area contributed by atoms with E-state index in [4.69, 9.17) is 0 Å². The lowest BCUT2D eigenvalue weighted by Gasteiger charge is -2.07. The zero-order chi connectivity index (χ0) is 18.2. The molecule has 0 unspecified atom stereocenters. The molecule has 0 saturated heterocycles. The van der Waals surface area contributed by atoms with Crippen LogP contribution in [0.1, 0.15) is 30.0 Å². The number of carboxylic acid groups (broad SMARTS) is 1. The van der Waals surface area contributed by atoms with Crippen LogP contribution in [0.25, 0.3) is 17.2 Å². The number of carboxylic acids is 1. The van der Waals surface area contributed by atoms with Crippen molar-refractivity contribution in [3.8, 4) is 0 Å². The summed E-state index contributed by atoms with van der Waals surface area (Å²) in [6.07, 6.45) is 3.04. The van der Waals surface area contributed by atoms with Crippen molar-refractivity contribution in [3.63, 3.8) is 0 Å². The fraction of sp³-hybridized carbons (Fsp3) is 0.150. The number of hydrogen-bond donors (Lipinski definition) is 1. The first kappa shape index (κ1) is 17.2. The van der Waals surface area contributed by atoms with Crippen molar-refractivity contribution in [1.29, 1.82) is 0 Å². The van der Waals surface area contributed by atoms with Crippen LogP contribution in [0.5, 0.6) is 0 Å². The Bertz CT molecular complexity index is 1010. The van der Waals surface area contributed by atoms with Gasteiger partial charge in [-0.1, -0.05) is 36.4 Å². The molecule has 128 valence electrons. The van der Waals surface area contributed by atoms with Gasteiger partial charge in [0, 0.05) is 6.26 Å². The Labute approximate surface area is 147 Å². The highest BCUT2D eigenvalue weighted by Crippen LogP contribution is 2.43. The van der Waals surface area contributed by atoms with Crippen LogP contribution in [0, 0.1) is 0 Å². The normalized spacial score (nSPS) is 15.5. The number of hydrogen-bond acceptors (Lipinski definition) is 3. The summed E-state index contributed by atoms with van der Waals surface area (Å²) in [7, 11) is -3.24. The van der Waals surface area contributed by atoms with Crippen LogP contribution in [0.2, 0.25) is 0 Å². The molecule has 0 saturated carbocycles. The number of rotatable bonds is 4. The smallest absolute Gasteiger partial charge is 0.307 e. The monoisotopic (exact) mass is 354 g/mol. The third-order valence-corrected chi connectivity index (χ3v) is 5.47. The Balaban J connectivity index is 2.10. The number of benzene rings is 2. The first-order valence-electron chi connectivity index (χ1n) is 7.81. The van der Waals surface area contributed by atoms with E-state index in [-0.39, 0.29) is 11.3 Å². The van der Waals surface area contributed by atoms with Crippen LogP contribution in [-0.4, -0.2) is 25.7 Å². The van der Waals surface area contributed by atoms with Gasteiger partial charge in [0.25, 0.3) is 0 Å². The summed E-state index contributed by atoms with van der Waals surface area (Å²) in [5.74, 6) is -0.875. The average molecular weight is 354 g/mol. The highest BCUT2D eigenvalue weighted by molar-refractivity contribution is 7.90. The molecule has 0 amide bonds. The molecule has 0 spiro atoms. The maximum Gasteiger partial charge on any atom is 0.307 e. The third-order valence-electron chi connectivity index (χ3n) is 4.35. The van der Waals surface area contributed by atoms with Gasteiger partial charge in [-0.15, -0.1) is 0 Å². The van der Waals surface area contributed by atoms with Gasteiger partial charge in [-0.05, 0) is 58.5 Å². The van der Waals surface area contributed by atoms with Crippen LogP contribution in [-0.2, 0) is 14.6 Å². The van der Waals surface area contributed by atoms with E-state index in [1.807, 2.05) is 37.3 Å². The lowest BCUT2D eigenvalue weighted by molar-refractivity contribution is -0.136. The molecule has 2 aromatic rings. The molecule has 4 nitrogen and oxygen atoms in total. The lowest BCUT2D eigenvalue weighted by Crippen LogP contribution is -1.98. The second-order valence-corrected chi connectivity index (χ2v) is 8.13. The highest BCUT2D eigenvalue weighted by Gasteiger charge is 2.24. The van der Waals surface area contributed by atoms with Crippen LogP contribution in [0.3, 0.4) is 0 Å². The Kier molecular flexibility index (Phi) is 4.35. The topological polar surface area (TPSA) is 71.4 Å². The predicted octanol–water partition coefficient (Wildman–Crippen LogP) is 3.89. The van der Waals surface area contributed by atoms with Crippen molar-refractivity contribution in [2.24, 2.45) is 0 Å². The van der Waals surface area contributed by atoms with Crippen molar-refractivity contribution in [2.45, 2.75) is 18.2 Å². The molecule has 0 aromatic heterocycles. The second-order valence-electron chi connectivity index (χ2n) is 6.12. The van der Waals surface area contributed by atoms with E-state index < -0.39 is 15.8 Å². The molecule has 0 fully saturated rings. The molecular formula is C20H18O4S. The molecule has 0 heterocycles. The molecule has 0 atom stereocenters. The fourth-order valence-corrected chi connectivity index (χ4v) is 3.72. The second kappa shape index (κ2) is 6.33. The Morgan fingerprint density at radius 2 is 1.64 bits per heavy atom. The molecule has 0 radical (unpaired) electrons. The summed E-state index contributed by atoms with van der Waals surface area (Å²) >= 11 is 0. The maximum absolute atomic E-state index is 11.6. The van der Waals surface area contributed by atoms with Gasteiger partial charge in [-0.3, -0.25) is 4.79 Å². The summed E-state index contributed by atoms with van der Waals surface area (Å²) in [4.78, 5) is 11.5. The van der Waals surface area contributed by atoms with Crippen LogP contribution < -0.4 is 0 Å². The molecule has 2 aromatic carbocycles. The number of allylic oxidation sites excluding steroid dienone is 2. The first-order valence-corrected chi connectivity index (χ1v) is 9.70. The SMILES string of the molecule is CC1=C(CC(=O)O)/C(=C\c2ccc(S(C)(=O)=O)cc2)c2ccccc21. The molecule has 1 N–H and O–H groups in total. The predicted molar refractivity (Wildman–Crippen MR) is 98.7 cm³/mol. The minimum Gasteiger partial charge on any atom is -0.481 e. The molecule has 25 heavy (non-hydrogen) atoms. The third kappa shape index (κ3) is 3.42. The molecule has 0 bridgehead atoms. The van der Waals surface area contributed by atoms with Crippen molar-refractivity contribution in [2.75, 3.05) is 6.26 Å². The van der Waals surface area contributed by atoms with Crippen LogP contribution >= 0.6 is 0 Å². The van der Waals surface area contributed by atoms with Crippen molar-refractivity contribution < 1.29 is 18.3 Å². The van der Waals surface area contributed by atoms with Gasteiger partial charge < -0.3 is 5.11 Å². The van der Waals surface area contributed by atoms with Gasteiger partial charge in [0.05, 0.1) is 11.3 Å².